The molecule has 0 amide bonds. The van der Waals surface area contributed by atoms with Gasteiger partial charge in [0.15, 0.2) is 0 Å². The van der Waals surface area contributed by atoms with Gasteiger partial charge in [-0.15, -0.1) is 0 Å². The van der Waals surface area contributed by atoms with Crippen molar-refractivity contribution in [2.45, 2.75) is 0 Å². The minimum atomic E-state index is -1.00. The van der Waals surface area contributed by atoms with Gasteiger partial charge in [0.2, 0.25) is 0 Å². The smallest absolute Gasteiger partial charge is 0.335 e. The molecule has 4 nitrogen and oxygen atoms in total. The van der Waals surface area contributed by atoms with Gasteiger partial charge in [0.1, 0.15) is 0 Å². The molecule has 0 bridgehead atoms. The molecule has 0 saturated carbocycles. The number of hydrogen-bond acceptors (Lipinski definition) is 3. The third-order valence-corrected chi connectivity index (χ3v) is 1.22. The van der Waals surface area contributed by atoms with E-state index in [1.165, 1.54) is 12.1 Å². The Bertz CT molecular complexity index is 296. The standard InChI is InChI=1S/C7H6N2O2/c8-9-6-3-1-2-5(4-6)7(10)11/h1-4,8H,(H,10,11). The number of nitrogens with zero attached hydrogens (tertiary/aromatic N) is 1. The molecular weight excluding hydrogens is 144 g/mol. The molecule has 0 aliphatic carbocycles. The average molecular weight is 150 g/mol. The fourth-order valence-corrected chi connectivity index (χ4v) is 0.708. The molecule has 4 heteroatoms. The van der Waals surface area contributed by atoms with Crippen LogP contribution in [-0.4, -0.2) is 11.1 Å². The summed E-state index contributed by atoms with van der Waals surface area (Å²) in [4.78, 5) is 10.4. The second kappa shape index (κ2) is 2.92. The van der Waals surface area contributed by atoms with Crippen LogP contribution in [0, 0.1) is 5.53 Å². The quantitative estimate of drug-likeness (QED) is 0.633. The number of benzene rings is 1. The highest BCUT2D eigenvalue weighted by Gasteiger charge is 2.01. The maximum Gasteiger partial charge on any atom is 0.335 e. The van der Waals surface area contributed by atoms with E-state index in [1.54, 1.807) is 12.1 Å². The van der Waals surface area contributed by atoms with Crippen LogP contribution in [0.1, 0.15) is 10.4 Å². The van der Waals surface area contributed by atoms with Crippen molar-refractivity contribution in [2.24, 2.45) is 5.11 Å². The summed E-state index contributed by atoms with van der Waals surface area (Å²) < 4.78 is 0. The van der Waals surface area contributed by atoms with Gasteiger partial charge in [-0.25, -0.2) is 10.3 Å². The molecule has 1 aromatic rings. The van der Waals surface area contributed by atoms with Crippen LogP contribution in [0.5, 0.6) is 0 Å². The second-order valence-electron chi connectivity index (χ2n) is 1.97. The molecule has 0 atom stereocenters. The Morgan fingerprint density at radius 1 is 1.55 bits per heavy atom. The van der Waals surface area contributed by atoms with Crippen LogP contribution in [-0.2, 0) is 0 Å². The molecule has 0 aliphatic heterocycles. The molecule has 0 aliphatic rings. The van der Waals surface area contributed by atoms with Gasteiger partial charge in [0, 0.05) is 0 Å². The second-order valence-corrected chi connectivity index (χ2v) is 1.97. The molecule has 0 heterocycles. The number of nitrogens with one attached hydrogen (secondary N) is 1. The Morgan fingerprint density at radius 2 is 2.27 bits per heavy atom. The van der Waals surface area contributed by atoms with E-state index >= 15 is 0 Å². The van der Waals surface area contributed by atoms with Gasteiger partial charge in [-0.2, -0.15) is 5.11 Å². The summed E-state index contributed by atoms with van der Waals surface area (Å²) in [5.41, 5.74) is 7.12. The van der Waals surface area contributed by atoms with E-state index in [0.29, 0.717) is 5.69 Å². The first-order valence-corrected chi connectivity index (χ1v) is 2.95. The van der Waals surface area contributed by atoms with Gasteiger partial charge in [-0.3, -0.25) is 0 Å². The van der Waals surface area contributed by atoms with E-state index in [9.17, 15) is 4.79 Å². The molecule has 0 radical (unpaired) electrons. The molecule has 0 unspecified atom stereocenters. The zero-order chi connectivity index (χ0) is 8.27. The van der Waals surface area contributed by atoms with Crippen LogP contribution in [0.15, 0.2) is 29.4 Å². The molecule has 1 rings (SSSR count). The lowest BCUT2D eigenvalue weighted by Crippen LogP contribution is -1.94. The maximum absolute atomic E-state index is 10.4. The highest BCUT2D eigenvalue weighted by Crippen LogP contribution is 2.12. The van der Waals surface area contributed by atoms with Gasteiger partial charge >= 0.3 is 5.97 Å². The summed E-state index contributed by atoms with van der Waals surface area (Å²) in [7, 11) is 0. The van der Waals surface area contributed by atoms with E-state index < -0.39 is 5.97 Å². The maximum atomic E-state index is 10.4. The molecule has 56 valence electrons. The van der Waals surface area contributed by atoms with Crippen molar-refractivity contribution in [3.8, 4) is 0 Å². The summed E-state index contributed by atoms with van der Waals surface area (Å²) in [6.07, 6.45) is 0. The SMILES string of the molecule is N=Nc1cccc(C(=O)O)c1. The fourth-order valence-electron chi connectivity index (χ4n) is 0.708. The van der Waals surface area contributed by atoms with Crippen molar-refractivity contribution in [1.29, 1.82) is 5.53 Å². The summed E-state index contributed by atoms with van der Waals surface area (Å²) in [5, 5.41) is 11.6. The number of carboxylic acids is 1. The molecule has 0 fully saturated rings. The van der Waals surface area contributed by atoms with Gasteiger partial charge in [0.25, 0.3) is 0 Å². The Labute approximate surface area is 63.0 Å². The molecule has 11 heavy (non-hydrogen) atoms. The molecule has 0 aromatic heterocycles. The normalized spacial score (nSPS) is 9.09. The van der Waals surface area contributed by atoms with Crippen LogP contribution in [0.25, 0.3) is 0 Å². The molecular formula is C7H6N2O2. The number of rotatable bonds is 2. The van der Waals surface area contributed by atoms with E-state index in [4.69, 9.17) is 10.6 Å². The third-order valence-electron chi connectivity index (χ3n) is 1.22. The van der Waals surface area contributed by atoms with Gasteiger partial charge in [-0.05, 0) is 18.2 Å². The lowest BCUT2D eigenvalue weighted by atomic mass is 10.2. The third kappa shape index (κ3) is 1.61. The molecule has 2 N–H and O–H groups in total. The van der Waals surface area contributed by atoms with Crippen molar-refractivity contribution < 1.29 is 9.90 Å². The summed E-state index contributed by atoms with van der Waals surface area (Å²) >= 11 is 0. The number of aromatic carboxylic acids is 1. The number of carbonyl (C=O) groups is 1. The number of hydrogen-bond donors (Lipinski definition) is 2. The van der Waals surface area contributed by atoms with Crippen LogP contribution < -0.4 is 0 Å². The van der Waals surface area contributed by atoms with Crippen molar-refractivity contribution in [1.82, 2.24) is 0 Å². The first-order chi connectivity index (χ1) is 5.24. The summed E-state index contributed by atoms with van der Waals surface area (Å²) in [6, 6.07) is 5.92. The first-order valence-electron chi connectivity index (χ1n) is 2.95. The molecule has 1 aromatic carbocycles. The monoisotopic (exact) mass is 150 g/mol. The first kappa shape index (κ1) is 7.40. The highest BCUT2D eigenvalue weighted by molar-refractivity contribution is 5.88. The summed E-state index contributed by atoms with van der Waals surface area (Å²) in [6.45, 7) is 0. The Kier molecular flexibility index (Phi) is 1.96. The van der Waals surface area contributed by atoms with E-state index in [-0.39, 0.29) is 5.56 Å². The predicted octanol–water partition coefficient (Wildman–Crippen LogP) is 2.05. The lowest BCUT2D eigenvalue weighted by Gasteiger charge is -1.93. The minimum Gasteiger partial charge on any atom is -0.478 e. The summed E-state index contributed by atoms with van der Waals surface area (Å²) in [5.74, 6) is -1.00. The Hall–Kier alpha value is -1.71. The largest absolute Gasteiger partial charge is 0.478 e. The number of carboxylic acid groups (broad SMARTS) is 1. The highest BCUT2D eigenvalue weighted by atomic mass is 16.4. The van der Waals surface area contributed by atoms with Crippen LogP contribution in [0.4, 0.5) is 5.69 Å². The molecule has 0 spiro atoms. The van der Waals surface area contributed by atoms with Crippen LogP contribution >= 0.6 is 0 Å². The van der Waals surface area contributed by atoms with Gasteiger partial charge in [-0.1, -0.05) is 6.07 Å². The van der Waals surface area contributed by atoms with Crippen molar-refractivity contribution in [3.05, 3.63) is 29.8 Å². The Morgan fingerprint density at radius 3 is 2.82 bits per heavy atom. The van der Waals surface area contributed by atoms with E-state index in [2.05, 4.69) is 5.11 Å². The van der Waals surface area contributed by atoms with Crippen LogP contribution in [0.3, 0.4) is 0 Å². The van der Waals surface area contributed by atoms with Crippen molar-refractivity contribution >= 4 is 11.7 Å². The van der Waals surface area contributed by atoms with E-state index in [0.717, 1.165) is 0 Å². The van der Waals surface area contributed by atoms with E-state index in [1.807, 2.05) is 0 Å². The fraction of sp³-hybridized carbons (Fsp3) is 0. The average Bonchev–Trinajstić information content (AvgIpc) is 2.05. The predicted molar refractivity (Wildman–Crippen MR) is 38.2 cm³/mol. The van der Waals surface area contributed by atoms with Gasteiger partial charge in [0.05, 0.1) is 11.3 Å². The Balaban J connectivity index is 3.10. The van der Waals surface area contributed by atoms with Crippen molar-refractivity contribution in [3.63, 3.8) is 0 Å². The minimum absolute atomic E-state index is 0.151. The zero-order valence-corrected chi connectivity index (χ0v) is 5.61. The topological polar surface area (TPSA) is 73.5 Å². The van der Waals surface area contributed by atoms with Crippen LogP contribution in [0.2, 0.25) is 0 Å². The molecule has 0 saturated heterocycles. The zero-order valence-electron chi connectivity index (χ0n) is 5.61. The van der Waals surface area contributed by atoms with Crippen molar-refractivity contribution in [2.75, 3.05) is 0 Å². The van der Waals surface area contributed by atoms with Gasteiger partial charge < -0.3 is 5.11 Å². The lowest BCUT2D eigenvalue weighted by molar-refractivity contribution is 0.0697.